The molecule has 0 N–H and O–H groups in total. The quantitative estimate of drug-likeness (QED) is 0.0740. The molecule has 248 valence electrons. The van der Waals surface area contributed by atoms with Gasteiger partial charge in [0.05, 0.1) is 18.8 Å². The van der Waals surface area contributed by atoms with E-state index in [1.165, 1.54) is 64.2 Å². The van der Waals surface area contributed by atoms with Crippen molar-refractivity contribution in [2.75, 3.05) is 13.2 Å². The van der Waals surface area contributed by atoms with E-state index in [4.69, 9.17) is 18.3 Å². The molecule has 0 unspecified atom stereocenters. The normalized spacial score (nSPS) is 11.2. The number of hydrogen-bond donors (Lipinski definition) is 0. The van der Waals surface area contributed by atoms with Crippen LogP contribution in [0.5, 0.6) is 11.5 Å². The standard InChI is InChI=1S/C38H45BrN4O4/c1-3-5-7-9-11-13-25-44-31-20-15-28(16-21-31)35-40-42-37(46-35)30-19-24-33(34(39)27-30)38-43-41-36(47-38)29-17-22-32(23-18-29)45-26-14-12-10-8-6-4-2/h15-24,27H,3-14,25-26H2,1-2H3. The van der Waals surface area contributed by atoms with Crippen molar-refractivity contribution in [2.24, 2.45) is 0 Å². The van der Waals surface area contributed by atoms with Gasteiger partial charge >= 0.3 is 0 Å². The minimum Gasteiger partial charge on any atom is -0.494 e. The predicted octanol–water partition coefficient (Wildman–Crippen LogP) is 11.4. The molecule has 5 aromatic rings. The first kappa shape index (κ1) is 34.4. The Kier molecular flexibility index (Phi) is 13.4. The third kappa shape index (κ3) is 10.3. The fourth-order valence-corrected chi connectivity index (χ4v) is 5.81. The molecule has 0 saturated heterocycles. The van der Waals surface area contributed by atoms with Gasteiger partial charge in [-0.05, 0) is 95.5 Å². The second-order valence-electron chi connectivity index (χ2n) is 11.8. The van der Waals surface area contributed by atoms with Crippen LogP contribution in [0.3, 0.4) is 0 Å². The molecular formula is C38H45BrN4O4. The molecule has 2 aromatic heterocycles. The number of ether oxygens (including phenoxy) is 2. The Labute approximate surface area is 286 Å². The van der Waals surface area contributed by atoms with Crippen LogP contribution in [0, 0.1) is 0 Å². The molecule has 0 saturated carbocycles. The predicted molar refractivity (Wildman–Crippen MR) is 189 cm³/mol. The fraction of sp³-hybridized carbons (Fsp3) is 0.421. The maximum Gasteiger partial charge on any atom is 0.249 e. The second-order valence-corrected chi connectivity index (χ2v) is 12.7. The first-order valence-corrected chi connectivity index (χ1v) is 17.9. The summed E-state index contributed by atoms with van der Waals surface area (Å²) in [7, 11) is 0. The molecule has 0 bridgehead atoms. The zero-order chi connectivity index (χ0) is 32.7. The lowest BCUT2D eigenvalue weighted by Gasteiger charge is -2.06. The van der Waals surface area contributed by atoms with E-state index in [0.717, 1.165) is 64.3 Å². The van der Waals surface area contributed by atoms with E-state index >= 15 is 0 Å². The number of hydrogen-bond acceptors (Lipinski definition) is 8. The van der Waals surface area contributed by atoms with Crippen LogP contribution in [0.4, 0.5) is 0 Å². The van der Waals surface area contributed by atoms with Crippen LogP contribution in [0.2, 0.25) is 0 Å². The van der Waals surface area contributed by atoms with E-state index in [0.29, 0.717) is 23.6 Å². The van der Waals surface area contributed by atoms with Crippen molar-refractivity contribution in [2.45, 2.75) is 90.9 Å². The Balaban J connectivity index is 1.13. The first-order chi connectivity index (χ1) is 23.1. The van der Waals surface area contributed by atoms with Crippen molar-refractivity contribution in [3.8, 4) is 57.3 Å². The van der Waals surface area contributed by atoms with Crippen molar-refractivity contribution in [3.63, 3.8) is 0 Å². The maximum absolute atomic E-state index is 6.03. The number of unbranched alkanes of at least 4 members (excludes halogenated alkanes) is 10. The van der Waals surface area contributed by atoms with Gasteiger partial charge in [0.1, 0.15) is 11.5 Å². The molecule has 0 aliphatic carbocycles. The minimum absolute atomic E-state index is 0.409. The van der Waals surface area contributed by atoms with Gasteiger partial charge in [-0.15, -0.1) is 20.4 Å². The summed E-state index contributed by atoms with van der Waals surface area (Å²) in [5, 5.41) is 17.1. The highest BCUT2D eigenvalue weighted by Gasteiger charge is 2.17. The number of aromatic nitrogens is 4. The topological polar surface area (TPSA) is 96.3 Å². The summed E-state index contributed by atoms with van der Waals surface area (Å²) in [6, 6.07) is 21.2. The average molecular weight is 702 g/mol. The van der Waals surface area contributed by atoms with Crippen molar-refractivity contribution in [1.82, 2.24) is 20.4 Å². The Hall–Kier alpha value is -3.98. The zero-order valence-electron chi connectivity index (χ0n) is 27.6. The second kappa shape index (κ2) is 18.4. The monoisotopic (exact) mass is 700 g/mol. The third-order valence-corrected chi connectivity index (χ3v) is 8.69. The van der Waals surface area contributed by atoms with Crippen LogP contribution in [0.1, 0.15) is 90.9 Å². The molecular weight excluding hydrogens is 656 g/mol. The van der Waals surface area contributed by atoms with Gasteiger partial charge in [-0.3, -0.25) is 0 Å². The minimum atomic E-state index is 0.409. The largest absolute Gasteiger partial charge is 0.494 e. The van der Waals surface area contributed by atoms with Crippen LogP contribution in [-0.4, -0.2) is 33.6 Å². The highest BCUT2D eigenvalue weighted by Crippen LogP contribution is 2.34. The average Bonchev–Trinajstić information content (AvgIpc) is 3.79. The van der Waals surface area contributed by atoms with Gasteiger partial charge in [0.25, 0.3) is 0 Å². The van der Waals surface area contributed by atoms with Crippen molar-refractivity contribution in [3.05, 3.63) is 71.2 Å². The third-order valence-electron chi connectivity index (χ3n) is 8.03. The van der Waals surface area contributed by atoms with Gasteiger partial charge in [-0.2, -0.15) is 0 Å². The van der Waals surface area contributed by atoms with Gasteiger partial charge in [0.2, 0.25) is 23.6 Å². The summed E-state index contributed by atoms with van der Waals surface area (Å²) in [4.78, 5) is 0. The number of nitrogens with zero attached hydrogens (tertiary/aromatic N) is 4. The van der Waals surface area contributed by atoms with Gasteiger partial charge in [0.15, 0.2) is 0 Å². The molecule has 3 aromatic carbocycles. The molecule has 0 aliphatic heterocycles. The van der Waals surface area contributed by atoms with E-state index in [-0.39, 0.29) is 0 Å². The molecule has 0 atom stereocenters. The Morgan fingerprint density at radius 3 is 1.38 bits per heavy atom. The number of benzene rings is 3. The van der Waals surface area contributed by atoms with Crippen LogP contribution < -0.4 is 9.47 Å². The molecule has 0 radical (unpaired) electrons. The lowest BCUT2D eigenvalue weighted by Crippen LogP contribution is -1.97. The van der Waals surface area contributed by atoms with Crippen molar-refractivity contribution in [1.29, 1.82) is 0 Å². The van der Waals surface area contributed by atoms with E-state index in [2.05, 4.69) is 50.2 Å². The SMILES string of the molecule is CCCCCCCCOc1ccc(-c2nnc(-c3ccc(-c4nnc(-c5ccc(OCCCCCCCC)cc5)o4)c(Br)c3)o2)cc1. The molecule has 5 rings (SSSR count). The van der Waals surface area contributed by atoms with Gasteiger partial charge in [0, 0.05) is 21.2 Å². The number of halogens is 1. The van der Waals surface area contributed by atoms with E-state index < -0.39 is 0 Å². The molecule has 47 heavy (non-hydrogen) atoms. The van der Waals surface area contributed by atoms with Gasteiger partial charge < -0.3 is 18.3 Å². The molecule has 0 spiro atoms. The summed E-state index contributed by atoms with van der Waals surface area (Å²) in [5.74, 6) is 3.40. The first-order valence-electron chi connectivity index (χ1n) is 17.1. The summed E-state index contributed by atoms with van der Waals surface area (Å²) < 4.78 is 24.6. The number of rotatable bonds is 20. The summed E-state index contributed by atoms with van der Waals surface area (Å²) in [6.07, 6.45) is 14.9. The Morgan fingerprint density at radius 1 is 0.489 bits per heavy atom. The fourth-order valence-electron chi connectivity index (χ4n) is 5.26. The molecule has 2 heterocycles. The highest BCUT2D eigenvalue weighted by molar-refractivity contribution is 9.10. The van der Waals surface area contributed by atoms with E-state index in [1.54, 1.807) is 0 Å². The van der Waals surface area contributed by atoms with Crippen molar-refractivity contribution < 1.29 is 18.3 Å². The molecule has 0 amide bonds. The molecule has 0 aliphatic rings. The van der Waals surface area contributed by atoms with Crippen molar-refractivity contribution >= 4 is 15.9 Å². The summed E-state index contributed by atoms with van der Waals surface area (Å²) in [5.41, 5.74) is 3.21. The van der Waals surface area contributed by atoms with Crippen LogP contribution >= 0.6 is 15.9 Å². The van der Waals surface area contributed by atoms with Crippen LogP contribution in [-0.2, 0) is 0 Å². The van der Waals surface area contributed by atoms with E-state index in [1.807, 2.05) is 66.7 Å². The highest BCUT2D eigenvalue weighted by atomic mass is 79.9. The Morgan fingerprint density at radius 2 is 0.894 bits per heavy atom. The van der Waals surface area contributed by atoms with E-state index in [9.17, 15) is 0 Å². The molecule has 8 nitrogen and oxygen atoms in total. The Bertz CT molecular complexity index is 1630. The summed E-state index contributed by atoms with van der Waals surface area (Å²) in [6.45, 7) is 5.93. The van der Waals surface area contributed by atoms with Crippen LogP contribution in [0.25, 0.3) is 45.8 Å². The van der Waals surface area contributed by atoms with Gasteiger partial charge in [-0.1, -0.05) is 78.1 Å². The maximum atomic E-state index is 6.03. The van der Waals surface area contributed by atoms with Gasteiger partial charge in [-0.25, -0.2) is 0 Å². The summed E-state index contributed by atoms with van der Waals surface area (Å²) >= 11 is 3.66. The zero-order valence-corrected chi connectivity index (χ0v) is 29.1. The lowest BCUT2D eigenvalue weighted by molar-refractivity contribution is 0.304. The smallest absolute Gasteiger partial charge is 0.249 e. The van der Waals surface area contributed by atoms with Crippen LogP contribution in [0.15, 0.2) is 80.0 Å². The molecule has 9 heteroatoms. The molecule has 0 fully saturated rings. The lowest BCUT2D eigenvalue weighted by atomic mass is 10.1.